The summed E-state index contributed by atoms with van der Waals surface area (Å²) in [6, 6.07) is 3.73. The van der Waals surface area contributed by atoms with Crippen molar-refractivity contribution in [1.29, 1.82) is 0 Å². The van der Waals surface area contributed by atoms with Gasteiger partial charge in [-0.1, -0.05) is 11.6 Å². The average Bonchev–Trinajstić information content (AvgIpc) is 3.12. The van der Waals surface area contributed by atoms with E-state index in [1.807, 2.05) is 27.9 Å². The maximum Gasteiger partial charge on any atom is 0.248 e. The molecule has 134 valence electrons. The number of hydrogen-bond donors (Lipinski definition) is 1. The fourth-order valence-electron chi connectivity index (χ4n) is 4.49. The highest BCUT2D eigenvalue weighted by Gasteiger charge is 2.50. The molecule has 1 aromatic carbocycles. The van der Waals surface area contributed by atoms with Gasteiger partial charge in [-0.15, -0.1) is 0 Å². The first-order valence-electron chi connectivity index (χ1n) is 8.59. The lowest BCUT2D eigenvalue weighted by atomic mass is 9.75. The molecule has 4 rings (SSSR count). The maximum absolute atomic E-state index is 12.0. The number of likely N-dealkylation sites (tertiary alicyclic amines) is 1. The van der Waals surface area contributed by atoms with Crippen molar-refractivity contribution in [3.63, 3.8) is 0 Å². The van der Waals surface area contributed by atoms with E-state index in [0.29, 0.717) is 18.1 Å². The molecule has 6 nitrogen and oxygen atoms in total. The summed E-state index contributed by atoms with van der Waals surface area (Å²) in [7, 11) is 1.53. The Bertz CT molecular complexity index is 828. The molecule has 1 N–H and O–H groups in total. The molecule has 1 amide bonds. The summed E-state index contributed by atoms with van der Waals surface area (Å²) < 4.78 is 6.91. The van der Waals surface area contributed by atoms with Gasteiger partial charge in [-0.3, -0.25) is 9.48 Å². The zero-order valence-electron chi connectivity index (χ0n) is 14.4. The largest absolute Gasteiger partial charge is 0.386 e. The molecule has 0 saturated carbocycles. The van der Waals surface area contributed by atoms with E-state index in [-0.39, 0.29) is 18.4 Å². The van der Waals surface area contributed by atoms with E-state index in [4.69, 9.17) is 16.3 Å². The Morgan fingerprint density at radius 3 is 2.84 bits per heavy atom. The van der Waals surface area contributed by atoms with Crippen LogP contribution in [-0.2, 0) is 15.1 Å². The molecule has 1 aromatic heterocycles. The summed E-state index contributed by atoms with van der Waals surface area (Å²) >= 11 is 6.21. The maximum atomic E-state index is 12.0. The highest BCUT2D eigenvalue weighted by molar-refractivity contribution is 6.31. The molecule has 2 aromatic rings. The van der Waals surface area contributed by atoms with Crippen molar-refractivity contribution in [1.82, 2.24) is 14.7 Å². The van der Waals surface area contributed by atoms with Gasteiger partial charge in [-0.2, -0.15) is 5.10 Å². The molecule has 2 atom stereocenters. The molecule has 0 radical (unpaired) electrons. The van der Waals surface area contributed by atoms with Gasteiger partial charge >= 0.3 is 0 Å². The number of methoxy groups -OCH3 is 1. The number of aliphatic hydroxyl groups excluding tert-OH is 1. The van der Waals surface area contributed by atoms with Crippen LogP contribution in [0.1, 0.15) is 31.4 Å². The van der Waals surface area contributed by atoms with Crippen molar-refractivity contribution >= 4 is 28.4 Å². The van der Waals surface area contributed by atoms with Gasteiger partial charge in [0.25, 0.3) is 0 Å². The van der Waals surface area contributed by atoms with Crippen LogP contribution < -0.4 is 0 Å². The first-order valence-corrected chi connectivity index (χ1v) is 8.97. The summed E-state index contributed by atoms with van der Waals surface area (Å²) in [5.74, 6) is 0.248. The summed E-state index contributed by atoms with van der Waals surface area (Å²) in [4.78, 5) is 13.9. The summed E-state index contributed by atoms with van der Waals surface area (Å²) in [5, 5.41) is 17.2. The molecule has 1 unspecified atom stereocenters. The van der Waals surface area contributed by atoms with Crippen LogP contribution in [0.5, 0.6) is 0 Å². The molecule has 0 bridgehead atoms. The second-order valence-electron chi connectivity index (χ2n) is 7.21. The van der Waals surface area contributed by atoms with E-state index >= 15 is 0 Å². The molecule has 0 spiro atoms. The third-order valence-electron chi connectivity index (χ3n) is 5.90. The minimum absolute atomic E-state index is 0.0228. The summed E-state index contributed by atoms with van der Waals surface area (Å²) in [6.07, 6.45) is 2.81. The van der Waals surface area contributed by atoms with Crippen LogP contribution >= 0.6 is 11.6 Å². The molecule has 7 heteroatoms. The molecule has 2 aliphatic heterocycles. The van der Waals surface area contributed by atoms with Crippen LogP contribution in [0.25, 0.3) is 10.9 Å². The molecule has 1 fully saturated rings. The van der Waals surface area contributed by atoms with E-state index in [9.17, 15) is 9.90 Å². The quantitative estimate of drug-likeness (QED) is 0.908. The van der Waals surface area contributed by atoms with Crippen LogP contribution in [0.4, 0.5) is 0 Å². The topological polar surface area (TPSA) is 67.6 Å². The second kappa shape index (κ2) is 5.97. The van der Waals surface area contributed by atoms with Gasteiger partial charge in [-0.25, -0.2) is 0 Å². The van der Waals surface area contributed by atoms with E-state index < -0.39 is 11.6 Å². The molecule has 1 saturated heterocycles. The van der Waals surface area contributed by atoms with Crippen molar-refractivity contribution in [3.05, 3.63) is 28.9 Å². The van der Waals surface area contributed by atoms with Crippen molar-refractivity contribution in [2.75, 3.05) is 26.8 Å². The fraction of sp³-hybridized carbons (Fsp3) is 0.556. The number of hydrogen-bond acceptors (Lipinski definition) is 4. The molecule has 2 aliphatic rings. The number of benzene rings is 1. The third kappa shape index (κ3) is 2.39. The first-order chi connectivity index (χ1) is 12.0. The number of aromatic nitrogens is 2. The Labute approximate surface area is 151 Å². The highest BCUT2D eigenvalue weighted by Crippen LogP contribution is 2.51. The number of carbonyl (C=O) groups excluding carboxylic acids is 1. The van der Waals surface area contributed by atoms with Gasteiger partial charge in [0.05, 0.1) is 17.3 Å². The molecule has 3 heterocycles. The number of piperidine rings is 1. The van der Waals surface area contributed by atoms with Crippen molar-refractivity contribution in [2.24, 2.45) is 5.92 Å². The molecular weight excluding hydrogens is 342 g/mol. The van der Waals surface area contributed by atoms with E-state index in [1.165, 1.54) is 7.11 Å². The van der Waals surface area contributed by atoms with Crippen LogP contribution in [0.2, 0.25) is 5.02 Å². The van der Waals surface area contributed by atoms with E-state index in [0.717, 1.165) is 29.3 Å². The normalized spacial score (nSPS) is 26.6. The lowest BCUT2D eigenvalue weighted by Crippen LogP contribution is -2.48. The Morgan fingerprint density at radius 2 is 2.16 bits per heavy atom. The predicted molar refractivity (Wildman–Crippen MR) is 94.5 cm³/mol. The van der Waals surface area contributed by atoms with Crippen LogP contribution in [-0.4, -0.2) is 52.5 Å². The van der Waals surface area contributed by atoms with Gasteiger partial charge in [-0.05, 0) is 37.8 Å². The van der Waals surface area contributed by atoms with Crippen molar-refractivity contribution < 1.29 is 14.6 Å². The first kappa shape index (κ1) is 16.8. The van der Waals surface area contributed by atoms with Gasteiger partial charge < -0.3 is 14.7 Å². The van der Waals surface area contributed by atoms with Crippen LogP contribution in [0.3, 0.4) is 0 Å². The zero-order valence-corrected chi connectivity index (χ0v) is 15.2. The smallest absolute Gasteiger partial charge is 0.248 e. The number of amides is 1. The highest BCUT2D eigenvalue weighted by atomic mass is 35.5. The number of nitrogens with zero attached hydrogens (tertiary/aromatic N) is 3. The standard InChI is InChI=1S/C18H22ClN3O3/c1-18(12-3-5-21(6-4-12)15(23)10-25-2)17(24)14-8-13(19)7-11-9-20-22(18)16(11)14/h7-9,12,17,24H,3-6,10H2,1-2H3/t17-,18?/m1/s1. The van der Waals surface area contributed by atoms with Crippen molar-refractivity contribution in [3.8, 4) is 0 Å². The number of halogens is 1. The number of carbonyl (C=O) groups is 1. The average molecular weight is 364 g/mol. The van der Waals surface area contributed by atoms with Crippen LogP contribution in [0.15, 0.2) is 18.3 Å². The van der Waals surface area contributed by atoms with E-state index in [2.05, 4.69) is 12.0 Å². The number of ether oxygens (including phenoxy) is 1. The number of rotatable bonds is 3. The predicted octanol–water partition coefficient (Wildman–Crippen LogP) is 2.34. The van der Waals surface area contributed by atoms with Crippen molar-refractivity contribution in [2.45, 2.75) is 31.4 Å². The van der Waals surface area contributed by atoms with Gasteiger partial charge in [0.2, 0.25) is 5.91 Å². The molecule has 0 aliphatic carbocycles. The van der Waals surface area contributed by atoms with Crippen LogP contribution in [0, 0.1) is 5.92 Å². The second-order valence-corrected chi connectivity index (χ2v) is 7.64. The summed E-state index contributed by atoms with van der Waals surface area (Å²) in [6.45, 7) is 3.54. The minimum Gasteiger partial charge on any atom is -0.386 e. The van der Waals surface area contributed by atoms with E-state index in [1.54, 1.807) is 0 Å². The Kier molecular flexibility index (Phi) is 4.02. The molecule has 25 heavy (non-hydrogen) atoms. The molecular formula is C18H22ClN3O3. The minimum atomic E-state index is -0.649. The Morgan fingerprint density at radius 1 is 1.44 bits per heavy atom. The number of aliphatic hydroxyl groups is 1. The lowest BCUT2D eigenvalue weighted by Gasteiger charge is -2.42. The Hall–Kier alpha value is -1.63. The Balaban J connectivity index is 1.62. The zero-order chi connectivity index (χ0) is 17.8. The van der Waals surface area contributed by atoms with Gasteiger partial charge in [0.15, 0.2) is 0 Å². The van der Waals surface area contributed by atoms with Gasteiger partial charge in [0, 0.05) is 36.2 Å². The fourth-order valence-corrected chi connectivity index (χ4v) is 4.73. The monoisotopic (exact) mass is 363 g/mol. The lowest BCUT2D eigenvalue weighted by molar-refractivity contribution is -0.137. The van der Waals surface area contributed by atoms with Gasteiger partial charge in [0.1, 0.15) is 12.7 Å². The SMILES string of the molecule is COCC(=O)N1CCC(C2(C)[C@H](O)c3cc(Cl)cc4cnn2c34)CC1. The summed E-state index contributed by atoms with van der Waals surface area (Å²) in [5.41, 5.74) is 1.29. The third-order valence-corrected chi connectivity index (χ3v) is 6.12.